The van der Waals surface area contributed by atoms with Crippen LogP contribution in [0, 0.1) is 0 Å². The molecule has 1 N–H and O–H groups in total. The van der Waals surface area contributed by atoms with Gasteiger partial charge in [-0.15, -0.1) is 0 Å². The standard InChI is InChI=1S/C40H36N4O3/c45-39(25-28-4-5-29-2-1-3-31(29)24-28)30-6-10-36(11-7-30)44-17-15-33-27-35(9-13-38(33)44)41-40(46)34-8-12-37-32(26-34)14-16-43(37)19-18-42-20-22-47-23-21-42/h1-2,4-17,24,26-27H,3,18-23,25H2,(H,41,46). The molecule has 3 heterocycles. The first-order valence-corrected chi connectivity index (χ1v) is 16.3. The van der Waals surface area contributed by atoms with Crippen LogP contribution in [0.4, 0.5) is 5.69 Å². The number of ketones is 1. The minimum atomic E-state index is -0.136. The Morgan fingerprint density at radius 3 is 2.40 bits per heavy atom. The second-order valence-electron chi connectivity index (χ2n) is 12.4. The van der Waals surface area contributed by atoms with Crippen LogP contribution in [0.1, 0.15) is 37.4 Å². The topological polar surface area (TPSA) is 68.5 Å². The lowest BCUT2D eigenvalue weighted by molar-refractivity contribution is 0.0365. The van der Waals surface area contributed by atoms with Gasteiger partial charge in [0.25, 0.3) is 5.91 Å². The van der Waals surface area contributed by atoms with Crippen LogP contribution in [0.3, 0.4) is 0 Å². The Balaban J connectivity index is 0.922. The zero-order chi connectivity index (χ0) is 31.7. The molecule has 4 aromatic carbocycles. The molecule has 0 bridgehead atoms. The van der Waals surface area contributed by atoms with Crippen molar-refractivity contribution >= 4 is 45.3 Å². The largest absolute Gasteiger partial charge is 0.379 e. The van der Waals surface area contributed by atoms with Gasteiger partial charge in [-0.25, -0.2) is 0 Å². The monoisotopic (exact) mass is 620 g/mol. The highest BCUT2D eigenvalue weighted by Gasteiger charge is 2.14. The lowest BCUT2D eigenvalue weighted by Crippen LogP contribution is -2.38. The first-order valence-electron chi connectivity index (χ1n) is 16.3. The van der Waals surface area contributed by atoms with Crippen LogP contribution >= 0.6 is 0 Å². The van der Waals surface area contributed by atoms with E-state index in [0.717, 1.165) is 84.6 Å². The fraction of sp³-hybridized carbons (Fsp3) is 0.200. The van der Waals surface area contributed by atoms with E-state index in [4.69, 9.17) is 4.74 Å². The third-order valence-corrected chi connectivity index (χ3v) is 9.42. The average molecular weight is 621 g/mol. The predicted molar refractivity (Wildman–Crippen MR) is 188 cm³/mol. The summed E-state index contributed by atoms with van der Waals surface area (Å²) in [4.78, 5) is 28.7. The van der Waals surface area contributed by atoms with Crippen LogP contribution in [0.15, 0.2) is 109 Å². The number of morpholine rings is 1. The molecule has 1 aliphatic heterocycles. The number of hydrogen-bond donors (Lipinski definition) is 1. The van der Waals surface area contributed by atoms with E-state index < -0.39 is 0 Å². The molecule has 7 heteroatoms. The third kappa shape index (κ3) is 6.03. The number of carbonyl (C=O) groups excluding carboxylic acids is 2. The van der Waals surface area contributed by atoms with Crippen molar-refractivity contribution in [3.05, 3.63) is 137 Å². The molecular weight excluding hydrogens is 584 g/mol. The molecule has 0 unspecified atom stereocenters. The Hall–Kier alpha value is -5.24. The number of ether oxygens (including phenoxy) is 1. The van der Waals surface area contributed by atoms with E-state index in [1.165, 1.54) is 11.1 Å². The number of nitrogens with one attached hydrogen (secondary N) is 1. The van der Waals surface area contributed by atoms with Crippen molar-refractivity contribution in [1.82, 2.24) is 14.0 Å². The summed E-state index contributed by atoms with van der Waals surface area (Å²) >= 11 is 0. The molecule has 1 amide bonds. The Morgan fingerprint density at radius 1 is 0.745 bits per heavy atom. The van der Waals surface area contributed by atoms with E-state index in [-0.39, 0.29) is 11.7 Å². The molecule has 2 aliphatic rings. The molecule has 6 aromatic rings. The van der Waals surface area contributed by atoms with E-state index >= 15 is 0 Å². The zero-order valence-corrected chi connectivity index (χ0v) is 26.2. The molecule has 0 radical (unpaired) electrons. The molecule has 8 rings (SSSR count). The Labute approximate surface area is 273 Å². The van der Waals surface area contributed by atoms with Crippen molar-refractivity contribution in [2.45, 2.75) is 19.4 Å². The number of hydrogen-bond acceptors (Lipinski definition) is 4. The van der Waals surface area contributed by atoms with Crippen molar-refractivity contribution in [2.75, 3.05) is 38.2 Å². The molecular formula is C40H36N4O3. The number of fused-ring (bicyclic) bond motifs is 3. The zero-order valence-electron chi connectivity index (χ0n) is 26.2. The fourth-order valence-electron chi connectivity index (χ4n) is 6.78. The van der Waals surface area contributed by atoms with E-state index in [9.17, 15) is 9.59 Å². The summed E-state index contributed by atoms with van der Waals surface area (Å²) in [6.45, 7) is 5.45. The molecule has 0 atom stereocenters. The van der Waals surface area contributed by atoms with Crippen LogP contribution in [-0.4, -0.2) is 58.6 Å². The summed E-state index contributed by atoms with van der Waals surface area (Å²) in [5.41, 5.74) is 8.79. The quantitative estimate of drug-likeness (QED) is 0.174. The molecule has 1 fully saturated rings. The summed E-state index contributed by atoms with van der Waals surface area (Å²) in [5, 5.41) is 5.15. The number of allylic oxidation sites excluding steroid dienone is 1. The molecule has 47 heavy (non-hydrogen) atoms. The van der Waals surface area contributed by atoms with Gasteiger partial charge in [0.2, 0.25) is 0 Å². The van der Waals surface area contributed by atoms with Crippen molar-refractivity contribution in [2.24, 2.45) is 0 Å². The molecule has 234 valence electrons. The SMILES string of the molecule is O=C(Cc1ccc2c(c1)CC=C2)c1ccc(-n2ccc3cc(NC(=O)c4ccc5c(ccn5CCN5CCOCC5)c4)ccc32)cc1. The summed E-state index contributed by atoms with van der Waals surface area (Å²) in [6.07, 6.45) is 9.74. The summed E-state index contributed by atoms with van der Waals surface area (Å²) in [6, 6.07) is 30.0. The first-order chi connectivity index (χ1) is 23.1. The van der Waals surface area contributed by atoms with E-state index in [0.29, 0.717) is 17.5 Å². The molecule has 2 aromatic heterocycles. The highest BCUT2D eigenvalue weighted by molar-refractivity contribution is 6.07. The number of Topliss-reactive ketones (excluding diaryl/α,β-unsaturated/α-hetero) is 1. The van der Waals surface area contributed by atoms with Gasteiger partial charge in [-0.05, 0) is 95.9 Å². The number of nitrogens with zero attached hydrogens (tertiary/aromatic N) is 3. The van der Waals surface area contributed by atoms with Gasteiger partial charge in [-0.2, -0.15) is 0 Å². The van der Waals surface area contributed by atoms with Crippen LogP contribution in [0.5, 0.6) is 0 Å². The Bertz CT molecular complexity index is 2150. The number of amides is 1. The first kappa shape index (κ1) is 29.2. The van der Waals surface area contributed by atoms with Gasteiger partial charge in [0, 0.05) is 83.8 Å². The summed E-state index contributed by atoms with van der Waals surface area (Å²) in [7, 11) is 0. The second kappa shape index (κ2) is 12.5. The maximum Gasteiger partial charge on any atom is 0.255 e. The fourth-order valence-corrected chi connectivity index (χ4v) is 6.78. The lowest BCUT2D eigenvalue weighted by Gasteiger charge is -2.26. The maximum atomic E-state index is 13.2. The Kier molecular flexibility index (Phi) is 7.77. The van der Waals surface area contributed by atoms with Crippen LogP contribution in [0.25, 0.3) is 33.6 Å². The van der Waals surface area contributed by atoms with Gasteiger partial charge in [0.05, 0.1) is 18.7 Å². The van der Waals surface area contributed by atoms with Gasteiger partial charge in [-0.3, -0.25) is 14.5 Å². The lowest BCUT2D eigenvalue weighted by atomic mass is 9.99. The molecule has 0 spiro atoms. The van der Waals surface area contributed by atoms with Crippen LogP contribution < -0.4 is 5.32 Å². The highest BCUT2D eigenvalue weighted by Crippen LogP contribution is 2.26. The molecule has 1 aliphatic carbocycles. The van der Waals surface area contributed by atoms with Crippen LogP contribution in [-0.2, 0) is 24.1 Å². The van der Waals surface area contributed by atoms with Crippen molar-refractivity contribution < 1.29 is 14.3 Å². The van der Waals surface area contributed by atoms with Gasteiger partial charge in [0.1, 0.15) is 0 Å². The second-order valence-corrected chi connectivity index (χ2v) is 12.4. The number of benzene rings is 4. The average Bonchev–Trinajstić information content (AvgIpc) is 3.86. The summed E-state index contributed by atoms with van der Waals surface area (Å²) < 4.78 is 9.81. The van der Waals surface area contributed by atoms with Gasteiger partial charge < -0.3 is 19.2 Å². The number of carbonyl (C=O) groups is 2. The maximum absolute atomic E-state index is 13.2. The van der Waals surface area contributed by atoms with E-state index in [1.807, 2.05) is 72.9 Å². The van der Waals surface area contributed by atoms with Crippen LogP contribution in [0.2, 0.25) is 0 Å². The van der Waals surface area contributed by atoms with E-state index in [2.05, 4.69) is 62.0 Å². The third-order valence-electron chi connectivity index (χ3n) is 9.42. The highest BCUT2D eigenvalue weighted by atomic mass is 16.5. The van der Waals surface area contributed by atoms with Gasteiger partial charge in [0.15, 0.2) is 5.78 Å². The number of anilines is 1. The van der Waals surface area contributed by atoms with Gasteiger partial charge in [-0.1, -0.05) is 30.4 Å². The van der Waals surface area contributed by atoms with Crippen molar-refractivity contribution in [3.63, 3.8) is 0 Å². The van der Waals surface area contributed by atoms with Gasteiger partial charge >= 0.3 is 0 Å². The predicted octanol–water partition coefficient (Wildman–Crippen LogP) is 7.16. The minimum Gasteiger partial charge on any atom is -0.379 e. The minimum absolute atomic E-state index is 0.112. The summed E-state index contributed by atoms with van der Waals surface area (Å²) in [5.74, 6) is -0.0238. The van der Waals surface area contributed by atoms with E-state index in [1.54, 1.807) is 0 Å². The molecule has 7 nitrogen and oxygen atoms in total. The normalized spacial score (nSPS) is 14.6. The Morgan fingerprint density at radius 2 is 1.53 bits per heavy atom. The van der Waals surface area contributed by atoms with Crippen molar-refractivity contribution in [1.29, 1.82) is 0 Å². The number of aromatic nitrogens is 2. The molecule has 0 saturated carbocycles. The van der Waals surface area contributed by atoms with Crippen molar-refractivity contribution in [3.8, 4) is 5.69 Å². The number of rotatable bonds is 9. The molecule has 1 saturated heterocycles. The smallest absolute Gasteiger partial charge is 0.255 e.